The van der Waals surface area contributed by atoms with Crippen molar-refractivity contribution in [1.29, 1.82) is 0 Å². The van der Waals surface area contributed by atoms with Crippen LogP contribution in [0, 0.1) is 0 Å². The fourth-order valence-electron chi connectivity index (χ4n) is 2.44. The number of nitrogens with one attached hydrogen (secondary N) is 1. The minimum Gasteiger partial charge on any atom is -0.435 e. The minimum absolute atomic E-state index is 0.0244. The number of alkyl halides is 2. The van der Waals surface area contributed by atoms with Gasteiger partial charge in [0.2, 0.25) is 0 Å². The monoisotopic (exact) mass is 319 g/mol. The van der Waals surface area contributed by atoms with Crippen molar-refractivity contribution in [3.63, 3.8) is 0 Å². The molecule has 4 nitrogen and oxygen atoms in total. The van der Waals surface area contributed by atoms with Crippen molar-refractivity contribution in [3.8, 4) is 5.75 Å². The van der Waals surface area contributed by atoms with Crippen molar-refractivity contribution in [2.45, 2.75) is 38.5 Å². The first kappa shape index (κ1) is 16.2. The lowest BCUT2D eigenvalue weighted by Gasteiger charge is -2.27. The van der Waals surface area contributed by atoms with E-state index in [2.05, 4.69) is 10.1 Å². The molecule has 0 aromatic heterocycles. The van der Waals surface area contributed by atoms with Crippen LogP contribution in [0.1, 0.15) is 31.4 Å². The van der Waals surface area contributed by atoms with E-state index in [0.29, 0.717) is 12.8 Å². The summed E-state index contributed by atoms with van der Waals surface area (Å²) in [5.74, 6) is 0.571. The van der Waals surface area contributed by atoms with Crippen molar-refractivity contribution in [3.05, 3.63) is 29.8 Å². The second-order valence-corrected chi connectivity index (χ2v) is 7.57. The Morgan fingerprint density at radius 3 is 2.29 bits per heavy atom. The summed E-state index contributed by atoms with van der Waals surface area (Å²) in [5.41, 5.74) is 0.949. The maximum absolute atomic E-state index is 12.1. The molecule has 0 bridgehead atoms. The molecule has 21 heavy (non-hydrogen) atoms. The van der Waals surface area contributed by atoms with E-state index in [4.69, 9.17) is 0 Å². The predicted octanol–water partition coefficient (Wildman–Crippen LogP) is 2.52. The summed E-state index contributed by atoms with van der Waals surface area (Å²) in [5, 5.41) is 3.38. The van der Waals surface area contributed by atoms with Crippen LogP contribution in [0.2, 0.25) is 0 Å². The molecular weight excluding hydrogens is 300 g/mol. The molecule has 1 fully saturated rings. The maximum atomic E-state index is 12.1. The van der Waals surface area contributed by atoms with Crippen LogP contribution >= 0.6 is 0 Å². The Labute approximate surface area is 123 Å². The van der Waals surface area contributed by atoms with Gasteiger partial charge in [-0.2, -0.15) is 8.78 Å². The predicted molar refractivity (Wildman–Crippen MR) is 76.3 cm³/mol. The van der Waals surface area contributed by atoms with Crippen molar-refractivity contribution in [2.24, 2.45) is 0 Å². The van der Waals surface area contributed by atoms with Crippen LogP contribution in [0.3, 0.4) is 0 Å². The molecular formula is C14H19F2NO3S. The lowest BCUT2D eigenvalue weighted by Crippen LogP contribution is -2.38. The average molecular weight is 319 g/mol. The van der Waals surface area contributed by atoms with Crippen LogP contribution in [0.4, 0.5) is 8.78 Å². The average Bonchev–Trinajstić information content (AvgIpc) is 2.41. The lowest BCUT2D eigenvalue weighted by molar-refractivity contribution is -0.0498. The summed E-state index contributed by atoms with van der Waals surface area (Å²) in [6.45, 7) is -0.859. The zero-order valence-electron chi connectivity index (χ0n) is 11.8. The van der Waals surface area contributed by atoms with E-state index >= 15 is 0 Å². The third-order valence-electron chi connectivity index (χ3n) is 3.65. The number of sulfone groups is 1. The van der Waals surface area contributed by atoms with Crippen LogP contribution in [0.5, 0.6) is 5.75 Å². The van der Waals surface area contributed by atoms with Crippen molar-refractivity contribution in [1.82, 2.24) is 5.32 Å². The standard InChI is InChI=1S/C14H19F2NO3S/c1-10(17-12-6-8-21(18,19)9-7-12)11-2-4-13(5-3-11)20-14(15)16/h2-5,10,12,14,17H,6-9H2,1H3. The quantitative estimate of drug-likeness (QED) is 0.906. The molecule has 1 aromatic carbocycles. The van der Waals surface area contributed by atoms with Gasteiger partial charge in [-0.3, -0.25) is 0 Å². The van der Waals surface area contributed by atoms with E-state index in [9.17, 15) is 17.2 Å². The molecule has 1 atom stereocenters. The molecule has 0 radical (unpaired) electrons. The third kappa shape index (κ3) is 4.93. The molecule has 1 aliphatic rings. The molecule has 1 aromatic rings. The van der Waals surface area contributed by atoms with Gasteiger partial charge in [-0.15, -0.1) is 0 Å². The highest BCUT2D eigenvalue weighted by Gasteiger charge is 2.24. The summed E-state index contributed by atoms with van der Waals surface area (Å²) in [6, 6.07) is 6.66. The SMILES string of the molecule is CC(NC1CCS(=O)(=O)CC1)c1ccc(OC(F)F)cc1. The molecule has 1 saturated heterocycles. The first-order valence-corrected chi connectivity index (χ1v) is 8.69. The number of benzene rings is 1. The van der Waals surface area contributed by atoms with Gasteiger partial charge in [0.15, 0.2) is 0 Å². The summed E-state index contributed by atoms with van der Waals surface area (Å²) in [6.07, 6.45) is 1.22. The molecule has 2 rings (SSSR count). The van der Waals surface area contributed by atoms with Gasteiger partial charge >= 0.3 is 6.61 Å². The van der Waals surface area contributed by atoms with Gasteiger partial charge < -0.3 is 10.1 Å². The van der Waals surface area contributed by atoms with E-state index in [1.54, 1.807) is 12.1 Å². The van der Waals surface area contributed by atoms with Gasteiger partial charge in [-0.25, -0.2) is 8.42 Å². The van der Waals surface area contributed by atoms with E-state index in [1.165, 1.54) is 12.1 Å². The first-order chi connectivity index (χ1) is 9.85. The number of rotatable bonds is 5. The second-order valence-electron chi connectivity index (χ2n) is 5.26. The summed E-state index contributed by atoms with van der Waals surface area (Å²) in [4.78, 5) is 0. The molecule has 0 spiro atoms. The second kappa shape index (κ2) is 6.70. The van der Waals surface area contributed by atoms with Crippen LogP contribution in [-0.2, 0) is 9.84 Å². The van der Waals surface area contributed by atoms with Crippen LogP contribution in [0.15, 0.2) is 24.3 Å². The normalized spacial score (nSPS) is 20.4. The van der Waals surface area contributed by atoms with Crippen LogP contribution in [-0.4, -0.2) is 32.6 Å². The summed E-state index contributed by atoms with van der Waals surface area (Å²) in [7, 11) is -2.86. The van der Waals surface area contributed by atoms with Gasteiger partial charge in [0, 0.05) is 12.1 Å². The zero-order valence-corrected chi connectivity index (χ0v) is 12.6. The number of halogens is 2. The molecule has 1 aliphatic heterocycles. The molecule has 1 heterocycles. The fourth-order valence-corrected chi connectivity index (χ4v) is 3.94. The molecule has 7 heteroatoms. The third-order valence-corrected chi connectivity index (χ3v) is 5.36. The van der Waals surface area contributed by atoms with Gasteiger partial charge in [0.05, 0.1) is 11.5 Å². The molecule has 1 N–H and O–H groups in total. The fraction of sp³-hybridized carbons (Fsp3) is 0.571. The van der Waals surface area contributed by atoms with Gasteiger partial charge in [-0.1, -0.05) is 12.1 Å². The van der Waals surface area contributed by atoms with Crippen molar-refractivity contribution < 1.29 is 21.9 Å². The van der Waals surface area contributed by atoms with E-state index in [1.807, 2.05) is 6.92 Å². The smallest absolute Gasteiger partial charge is 0.387 e. The highest BCUT2D eigenvalue weighted by atomic mass is 32.2. The Kier molecular flexibility index (Phi) is 5.16. The molecule has 118 valence electrons. The number of hydrogen-bond donors (Lipinski definition) is 1. The molecule has 0 amide bonds. The summed E-state index contributed by atoms with van der Waals surface area (Å²) < 4.78 is 51.2. The lowest BCUT2D eigenvalue weighted by atomic mass is 10.1. The van der Waals surface area contributed by atoms with Gasteiger partial charge in [-0.05, 0) is 37.5 Å². The maximum Gasteiger partial charge on any atom is 0.387 e. The van der Waals surface area contributed by atoms with E-state index in [-0.39, 0.29) is 29.3 Å². The Morgan fingerprint density at radius 1 is 1.19 bits per heavy atom. The van der Waals surface area contributed by atoms with Crippen LogP contribution in [0.25, 0.3) is 0 Å². The first-order valence-electron chi connectivity index (χ1n) is 6.87. The highest BCUT2D eigenvalue weighted by molar-refractivity contribution is 7.91. The Bertz CT molecular complexity index is 546. The minimum atomic E-state index is -2.86. The Morgan fingerprint density at radius 2 is 1.76 bits per heavy atom. The highest BCUT2D eigenvalue weighted by Crippen LogP contribution is 2.21. The Balaban J connectivity index is 1.90. The van der Waals surface area contributed by atoms with Crippen molar-refractivity contribution in [2.75, 3.05) is 11.5 Å². The van der Waals surface area contributed by atoms with E-state index in [0.717, 1.165) is 5.56 Å². The topological polar surface area (TPSA) is 55.4 Å². The van der Waals surface area contributed by atoms with E-state index < -0.39 is 16.4 Å². The van der Waals surface area contributed by atoms with Crippen molar-refractivity contribution >= 4 is 9.84 Å². The number of ether oxygens (including phenoxy) is 1. The molecule has 0 saturated carbocycles. The summed E-state index contributed by atoms with van der Waals surface area (Å²) >= 11 is 0. The van der Waals surface area contributed by atoms with Crippen LogP contribution < -0.4 is 10.1 Å². The molecule has 1 unspecified atom stereocenters. The van der Waals surface area contributed by atoms with Gasteiger partial charge in [0.1, 0.15) is 15.6 Å². The van der Waals surface area contributed by atoms with Gasteiger partial charge in [0.25, 0.3) is 0 Å². The zero-order chi connectivity index (χ0) is 15.5. The number of hydrogen-bond acceptors (Lipinski definition) is 4. The largest absolute Gasteiger partial charge is 0.435 e. The molecule has 0 aliphatic carbocycles. The Hall–Kier alpha value is -1.21.